The van der Waals surface area contributed by atoms with Crippen LogP contribution < -0.4 is 5.32 Å². The molecule has 0 unspecified atom stereocenters. The maximum atomic E-state index is 13.0. The minimum atomic E-state index is -0.686. The van der Waals surface area contributed by atoms with Gasteiger partial charge in [0.1, 0.15) is 0 Å². The highest BCUT2D eigenvalue weighted by molar-refractivity contribution is 6.08. The van der Waals surface area contributed by atoms with Gasteiger partial charge in [-0.3, -0.25) is 9.78 Å². The Morgan fingerprint density at radius 2 is 1.90 bits per heavy atom. The highest BCUT2D eigenvalue weighted by Gasteiger charge is 2.09. The van der Waals surface area contributed by atoms with E-state index in [1.165, 1.54) is 12.3 Å². The molecule has 1 aromatic carbocycles. The molecule has 0 bridgehead atoms. The Labute approximate surface area is 114 Å². The Morgan fingerprint density at radius 1 is 1.05 bits per heavy atom. The van der Waals surface area contributed by atoms with Crippen LogP contribution in [0.15, 0.2) is 54.9 Å². The van der Waals surface area contributed by atoms with E-state index < -0.39 is 11.9 Å². The van der Waals surface area contributed by atoms with Gasteiger partial charge >= 0.3 is 0 Å². The summed E-state index contributed by atoms with van der Waals surface area (Å²) in [5, 5.41) is 3.65. The van der Waals surface area contributed by atoms with Crippen LogP contribution in [0.25, 0.3) is 10.9 Å². The van der Waals surface area contributed by atoms with Crippen LogP contribution in [0.5, 0.6) is 0 Å². The van der Waals surface area contributed by atoms with Crippen molar-refractivity contribution in [2.45, 2.75) is 0 Å². The summed E-state index contributed by atoms with van der Waals surface area (Å²) in [5.74, 6) is -1.09. The molecule has 1 amide bonds. The third-order valence-corrected chi connectivity index (χ3v) is 2.87. The zero-order valence-corrected chi connectivity index (χ0v) is 10.4. The van der Waals surface area contributed by atoms with Crippen molar-refractivity contribution in [3.8, 4) is 0 Å². The van der Waals surface area contributed by atoms with Crippen LogP contribution in [0.3, 0.4) is 0 Å². The molecule has 0 aliphatic carbocycles. The lowest BCUT2D eigenvalue weighted by Gasteiger charge is -2.07. The molecule has 0 saturated heterocycles. The second kappa shape index (κ2) is 5.05. The number of nitrogens with zero attached hydrogens (tertiary/aromatic N) is 2. The number of carbonyl (C=O) groups excluding carboxylic acids is 1. The number of halogens is 1. The minimum absolute atomic E-state index is 0.213. The van der Waals surface area contributed by atoms with Gasteiger partial charge in [-0.15, -0.1) is 0 Å². The first-order chi connectivity index (χ1) is 9.74. The third kappa shape index (κ3) is 2.33. The van der Waals surface area contributed by atoms with Crippen LogP contribution in [-0.4, -0.2) is 15.9 Å². The summed E-state index contributed by atoms with van der Waals surface area (Å²) in [5.41, 5.74) is 1.49. The van der Waals surface area contributed by atoms with Crippen molar-refractivity contribution in [1.82, 2.24) is 9.97 Å². The monoisotopic (exact) mass is 267 g/mol. The SMILES string of the molecule is O=C(Nc1cccc2cccnc12)c1ccnc(F)c1. The lowest BCUT2D eigenvalue weighted by molar-refractivity contribution is 0.102. The molecule has 0 aliphatic heterocycles. The Bertz CT molecular complexity index is 783. The average Bonchev–Trinajstić information content (AvgIpc) is 2.47. The molecule has 0 radical (unpaired) electrons. The molecule has 2 aromatic heterocycles. The first-order valence-electron chi connectivity index (χ1n) is 6.01. The highest BCUT2D eigenvalue weighted by atomic mass is 19.1. The van der Waals surface area contributed by atoms with E-state index >= 15 is 0 Å². The van der Waals surface area contributed by atoms with Crippen LogP contribution >= 0.6 is 0 Å². The Balaban J connectivity index is 1.95. The molecule has 3 rings (SSSR count). The van der Waals surface area contributed by atoms with E-state index in [1.807, 2.05) is 24.3 Å². The van der Waals surface area contributed by atoms with Gasteiger partial charge in [0, 0.05) is 29.4 Å². The molecule has 0 fully saturated rings. The number of benzene rings is 1. The molecule has 4 nitrogen and oxygen atoms in total. The average molecular weight is 267 g/mol. The number of aromatic nitrogens is 2. The van der Waals surface area contributed by atoms with E-state index in [0.717, 1.165) is 11.5 Å². The number of nitrogens with one attached hydrogen (secondary N) is 1. The van der Waals surface area contributed by atoms with E-state index in [1.54, 1.807) is 12.3 Å². The number of carbonyl (C=O) groups is 1. The van der Waals surface area contributed by atoms with Crippen LogP contribution in [0.1, 0.15) is 10.4 Å². The van der Waals surface area contributed by atoms with E-state index in [-0.39, 0.29) is 5.56 Å². The molecule has 3 aromatic rings. The fourth-order valence-corrected chi connectivity index (χ4v) is 1.94. The maximum Gasteiger partial charge on any atom is 0.255 e. The molecule has 98 valence electrons. The maximum absolute atomic E-state index is 13.0. The van der Waals surface area contributed by atoms with Crippen LogP contribution in [-0.2, 0) is 0 Å². The molecular formula is C15H10FN3O. The van der Waals surface area contributed by atoms with Gasteiger partial charge in [-0.05, 0) is 18.2 Å². The van der Waals surface area contributed by atoms with Gasteiger partial charge in [0.2, 0.25) is 5.95 Å². The summed E-state index contributed by atoms with van der Waals surface area (Å²) < 4.78 is 13.0. The summed E-state index contributed by atoms with van der Waals surface area (Å²) in [7, 11) is 0. The predicted octanol–water partition coefficient (Wildman–Crippen LogP) is 3.02. The third-order valence-electron chi connectivity index (χ3n) is 2.87. The van der Waals surface area contributed by atoms with Crippen molar-refractivity contribution in [2.24, 2.45) is 0 Å². The topological polar surface area (TPSA) is 54.9 Å². The molecule has 0 spiro atoms. The second-order valence-corrected chi connectivity index (χ2v) is 4.20. The van der Waals surface area contributed by atoms with E-state index in [4.69, 9.17) is 0 Å². The molecule has 0 atom stereocenters. The first kappa shape index (κ1) is 12.2. The predicted molar refractivity (Wildman–Crippen MR) is 73.9 cm³/mol. The summed E-state index contributed by atoms with van der Waals surface area (Å²) in [6, 6.07) is 11.8. The number of anilines is 1. The Morgan fingerprint density at radius 3 is 2.75 bits per heavy atom. The zero-order valence-electron chi connectivity index (χ0n) is 10.4. The molecule has 20 heavy (non-hydrogen) atoms. The van der Waals surface area contributed by atoms with Gasteiger partial charge < -0.3 is 5.32 Å². The van der Waals surface area contributed by atoms with Crippen LogP contribution in [0.4, 0.5) is 10.1 Å². The van der Waals surface area contributed by atoms with Crippen molar-refractivity contribution in [3.63, 3.8) is 0 Å². The van der Waals surface area contributed by atoms with Crippen molar-refractivity contribution < 1.29 is 9.18 Å². The Kier molecular flexibility index (Phi) is 3.09. The van der Waals surface area contributed by atoms with Crippen LogP contribution in [0, 0.1) is 5.95 Å². The lowest BCUT2D eigenvalue weighted by Crippen LogP contribution is -2.12. The summed E-state index contributed by atoms with van der Waals surface area (Å²) in [4.78, 5) is 19.7. The number of amides is 1. The zero-order chi connectivity index (χ0) is 13.9. The number of rotatable bonds is 2. The van der Waals surface area contributed by atoms with Gasteiger partial charge in [0.25, 0.3) is 5.91 Å². The number of para-hydroxylation sites is 1. The standard InChI is InChI=1S/C15H10FN3O/c16-13-9-11(6-8-17-13)15(20)19-12-5-1-3-10-4-2-7-18-14(10)12/h1-9H,(H,19,20). The quantitative estimate of drug-likeness (QED) is 0.726. The second-order valence-electron chi connectivity index (χ2n) is 4.20. The van der Waals surface area contributed by atoms with E-state index in [9.17, 15) is 9.18 Å². The fraction of sp³-hybridized carbons (Fsp3) is 0. The van der Waals surface area contributed by atoms with Crippen molar-refractivity contribution >= 4 is 22.5 Å². The first-order valence-corrected chi connectivity index (χ1v) is 6.01. The van der Waals surface area contributed by atoms with Crippen molar-refractivity contribution in [1.29, 1.82) is 0 Å². The molecule has 0 saturated carbocycles. The molecule has 2 heterocycles. The largest absolute Gasteiger partial charge is 0.320 e. The van der Waals surface area contributed by atoms with E-state index in [2.05, 4.69) is 15.3 Å². The van der Waals surface area contributed by atoms with Crippen molar-refractivity contribution in [2.75, 3.05) is 5.32 Å². The normalized spacial score (nSPS) is 10.4. The van der Waals surface area contributed by atoms with Crippen molar-refractivity contribution in [3.05, 3.63) is 66.4 Å². The smallest absolute Gasteiger partial charge is 0.255 e. The molecule has 0 aliphatic rings. The number of hydrogen-bond acceptors (Lipinski definition) is 3. The molecular weight excluding hydrogens is 257 g/mol. The van der Waals surface area contributed by atoms with E-state index in [0.29, 0.717) is 11.2 Å². The summed E-state index contributed by atoms with van der Waals surface area (Å²) in [6.07, 6.45) is 2.91. The van der Waals surface area contributed by atoms with Gasteiger partial charge in [-0.2, -0.15) is 4.39 Å². The molecule has 1 N–H and O–H groups in total. The Hall–Kier alpha value is -2.82. The summed E-state index contributed by atoms with van der Waals surface area (Å²) >= 11 is 0. The van der Waals surface area contributed by atoms with Gasteiger partial charge in [0.05, 0.1) is 11.2 Å². The van der Waals surface area contributed by atoms with Gasteiger partial charge in [0.15, 0.2) is 0 Å². The fourth-order valence-electron chi connectivity index (χ4n) is 1.94. The number of hydrogen-bond donors (Lipinski definition) is 1. The lowest BCUT2D eigenvalue weighted by atomic mass is 10.2. The summed E-state index contributed by atoms with van der Waals surface area (Å²) in [6.45, 7) is 0. The number of fused-ring (bicyclic) bond motifs is 1. The van der Waals surface area contributed by atoms with Gasteiger partial charge in [-0.25, -0.2) is 4.98 Å². The highest BCUT2D eigenvalue weighted by Crippen LogP contribution is 2.21. The molecule has 5 heteroatoms. The van der Waals surface area contributed by atoms with Gasteiger partial charge in [-0.1, -0.05) is 18.2 Å². The number of pyridine rings is 2. The minimum Gasteiger partial charge on any atom is -0.320 e. The van der Waals surface area contributed by atoms with Crippen LogP contribution in [0.2, 0.25) is 0 Å².